The van der Waals surface area contributed by atoms with Crippen LogP contribution in [0.15, 0.2) is 24.3 Å². The number of amides is 1. The van der Waals surface area contributed by atoms with E-state index in [1.165, 1.54) is 4.90 Å². The number of carboxylic acids is 1. The standard InChI is InChI=1S/C17H23NO3/c1-17(2,3)13-9-5-4-8-12(13)15(19)18-11-7-6-10-14(18)16(20)21/h4-5,8-9,14H,6-7,10-11H2,1-3H3,(H,20,21)/t14-/m1/s1. The van der Waals surface area contributed by atoms with Gasteiger partial charge in [0.15, 0.2) is 0 Å². The largest absolute Gasteiger partial charge is 0.480 e. The first-order valence-electron chi connectivity index (χ1n) is 7.45. The van der Waals surface area contributed by atoms with Crippen molar-refractivity contribution < 1.29 is 14.7 Å². The van der Waals surface area contributed by atoms with Crippen molar-refractivity contribution in [1.29, 1.82) is 0 Å². The van der Waals surface area contributed by atoms with Crippen molar-refractivity contribution in [3.63, 3.8) is 0 Å². The Hall–Kier alpha value is -1.84. The average molecular weight is 289 g/mol. The van der Waals surface area contributed by atoms with Crippen molar-refractivity contribution in [2.24, 2.45) is 0 Å². The number of carboxylic acid groups (broad SMARTS) is 1. The molecule has 1 N–H and O–H groups in total. The Kier molecular flexibility index (Phi) is 4.35. The fourth-order valence-corrected chi connectivity index (χ4v) is 2.91. The Balaban J connectivity index is 2.37. The zero-order valence-corrected chi connectivity index (χ0v) is 12.9. The molecule has 1 aromatic rings. The van der Waals surface area contributed by atoms with Gasteiger partial charge in [-0.05, 0) is 36.3 Å². The molecule has 1 atom stereocenters. The van der Waals surface area contributed by atoms with Gasteiger partial charge in [-0.2, -0.15) is 0 Å². The zero-order valence-electron chi connectivity index (χ0n) is 12.9. The number of carbonyl (C=O) groups excluding carboxylic acids is 1. The number of likely N-dealkylation sites (tertiary alicyclic amines) is 1. The molecule has 1 fully saturated rings. The van der Waals surface area contributed by atoms with E-state index in [4.69, 9.17) is 0 Å². The van der Waals surface area contributed by atoms with E-state index in [2.05, 4.69) is 20.8 Å². The Bertz CT molecular complexity index is 545. The van der Waals surface area contributed by atoms with Crippen molar-refractivity contribution in [3.05, 3.63) is 35.4 Å². The molecule has 0 unspecified atom stereocenters. The summed E-state index contributed by atoms with van der Waals surface area (Å²) >= 11 is 0. The maximum absolute atomic E-state index is 12.8. The van der Waals surface area contributed by atoms with E-state index in [0.717, 1.165) is 18.4 Å². The summed E-state index contributed by atoms with van der Waals surface area (Å²) in [5.74, 6) is -1.07. The van der Waals surface area contributed by atoms with Crippen LogP contribution < -0.4 is 0 Å². The second kappa shape index (κ2) is 5.88. The number of carbonyl (C=O) groups is 2. The molecule has 0 radical (unpaired) electrons. The molecule has 1 aliphatic rings. The van der Waals surface area contributed by atoms with Crippen LogP contribution >= 0.6 is 0 Å². The summed E-state index contributed by atoms with van der Waals surface area (Å²) in [6.07, 6.45) is 2.27. The molecule has 1 heterocycles. The van der Waals surface area contributed by atoms with Crippen molar-refractivity contribution in [1.82, 2.24) is 4.90 Å². The second-order valence-electron chi connectivity index (χ2n) is 6.64. The minimum absolute atomic E-state index is 0.152. The molecular weight excluding hydrogens is 266 g/mol. The Morgan fingerprint density at radius 1 is 1.19 bits per heavy atom. The smallest absolute Gasteiger partial charge is 0.326 e. The van der Waals surface area contributed by atoms with Gasteiger partial charge in [0.1, 0.15) is 6.04 Å². The van der Waals surface area contributed by atoms with Crippen LogP contribution in [-0.4, -0.2) is 34.5 Å². The summed E-state index contributed by atoms with van der Waals surface area (Å²) in [5, 5.41) is 9.34. The molecule has 0 aromatic heterocycles. The van der Waals surface area contributed by atoms with E-state index < -0.39 is 12.0 Å². The SMILES string of the molecule is CC(C)(C)c1ccccc1C(=O)N1CCCC[C@@H]1C(=O)O. The first kappa shape index (κ1) is 15.5. The monoisotopic (exact) mass is 289 g/mol. The Morgan fingerprint density at radius 2 is 1.86 bits per heavy atom. The van der Waals surface area contributed by atoms with Gasteiger partial charge in [-0.15, -0.1) is 0 Å². The van der Waals surface area contributed by atoms with Crippen LogP contribution in [0.3, 0.4) is 0 Å². The summed E-state index contributed by atoms with van der Waals surface area (Å²) in [7, 11) is 0. The van der Waals surface area contributed by atoms with Crippen LogP contribution in [0.1, 0.15) is 56.0 Å². The minimum atomic E-state index is -0.906. The highest BCUT2D eigenvalue weighted by Crippen LogP contribution is 2.28. The lowest BCUT2D eigenvalue weighted by molar-refractivity contribution is -0.143. The van der Waals surface area contributed by atoms with Gasteiger partial charge in [0, 0.05) is 12.1 Å². The molecule has 0 spiro atoms. The Labute approximate surface area is 125 Å². The number of hydrogen-bond acceptors (Lipinski definition) is 2. The molecule has 1 saturated heterocycles. The van der Waals surface area contributed by atoms with Gasteiger partial charge in [0.05, 0.1) is 0 Å². The van der Waals surface area contributed by atoms with E-state index in [1.54, 1.807) is 6.07 Å². The van der Waals surface area contributed by atoms with E-state index >= 15 is 0 Å². The van der Waals surface area contributed by atoms with Crippen LogP contribution in [0.4, 0.5) is 0 Å². The van der Waals surface area contributed by atoms with Crippen LogP contribution in [-0.2, 0) is 10.2 Å². The molecule has 0 bridgehead atoms. The van der Waals surface area contributed by atoms with E-state index in [0.29, 0.717) is 18.5 Å². The van der Waals surface area contributed by atoms with Gasteiger partial charge in [-0.25, -0.2) is 4.79 Å². The lowest BCUT2D eigenvalue weighted by Crippen LogP contribution is -2.48. The first-order chi connectivity index (χ1) is 9.82. The molecular formula is C17H23NO3. The highest BCUT2D eigenvalue weighted by Gasteiger charge is 2.34. The van der Waals surface area contributed by atoms with Crippen molar-refractivity contribution in [2.45, 2.75) is 51.5 Å². The van der Waals surface area contributed by atoms with Crippen LogP contribution in [0, 0.1) is 0 Å². The topological polar surface area (TPSA) is 57.6 Å². The lowest BCUT2D eigenvalue weighted by Gasteiger charge is -2.34. The molecule has 114 valence electrons. The normalized spacial score (nSPS) is 19.4. The van der Waals surface area contributed by atoms with Crippen molar-refractivity contribution >= 4 is 11.9 Å². The van der Waals surface area contributed by atoms with Crippen molar-refractivity contribution in [3.8, 4) is 0 Å². The highest BCUT2D eigenvalue weighted by atomic mass is 16.4. The number of benzene rings is 1. The summed E-state index contributed by atoms with van der Waals surface area (Å²) in [4.78, 5) is 25.8. The first-order valence-corrected chi connectivity index (χ1v) is 7.45. The third-order valence-electron chi connectivity index (χ3n) is 4.01. The number of aliphatic carboxylic acids is 1. The zero-order chi connectivity index (χ0) is 15.6. The predicted molar refractivity (Wildman–Crippen MR) is 81.5 cm³/mol. The maximum Gasteiger partial charge on any atom is 0.326 e. The van der Waals surface area contributed by atoms with Gasteiger partial charge in [-0.1, -0.05) is 39.0 Å². The van der Waals surface area contributed by atoms with Crippen LogP contribution in [0.25, 0.3) is 0 Å². The quantitative estimate of drug-likeness (QED) is 0.910. The summed E-state index contributed by atoms with van der Waals surface area (Å²) in [6.45, 7) is 6.70. The number of piperidine rings is 1. The Morgan fingerprint density at radius 3 is 2.48 bits per heavy atom. The van der Waals surface area contributed by atoms with Crippen LogP contribution in [0.5, 0.6) is 0 Å². The molecule has 4 nitrogen and oxygen atoms in total. The third kappa shape index (κ3) is 3.26. The summed E-state index contributed by atoms with van der Waals surface area (Å²) in [5.41, 5.74) is 1.43. The molecule has 1 aliphatic heterocycles. The molecule has 21 heavy (non-hydrogen) atoms. The maximum atomic E-state index is 12.8. The van der Waals surface area contributed by atoms with E-state index in [1.807, 2.05) is 18.2 Å². The van der Waals surface area contributed by atoms with E-state index in [-0.39, 0.29) is 11.3 Å². The molecule has 0 aliphatic carbocycles. The summed E-state index contributed by atoms with van der Waals surface area (Å²) < 4.78 is 0. The number of rotatable bonds is 2. The fourth-order valence-electron chi connectivity index (χ4n) is 2.91. The predicted octanol–water partition coefficient (Wildman–Crippen LogP) is 3.06. The lowest BCUT2D eigenvalue weighted by atomic mass is 9.83. The number of hydrogen-bond donors (Lipinski definition) is 1. The van der Waals surface area contributed by atoms with Gasteiger partial charge in [-0.3, -0.25) is 4.79 Å². The van der Waals surface area contributed by atoms with Crippen LogP contribution in [0.2, 0.25) is 0 Å². The molecule has 2 rings (SSSR count). The highest BCUT2D eigenvalue weighted by molar-refractivity contribution is 5.98. The number of nitrogens with zero attached hydrogens (tertiary/aromatic N) is 1. The molecule has 1 amide bonds. The van der Waals surface area contributed by atoms with Crippen molar-refractivity contribution in [2.75, 3.05) is 6.54 Å². The fraction of sp³-hybridized carbons (Fsp3) is 0.529. The minimum Gasteiger partial charge on any atom is -0.480 e. The van der Waals surface area contributed by atoms with Gasteiger partial charge >= 0.3 is 5.97 Å². The summed E-state index contributed by atoms with van der Waals surface area (Å²) in [6, 6.07) is 6.81. The van der Waals surface area contributed by atoms with Gasteiger partial charge in [0.2, 0.25) is 0 Å². The van der Waals surface area contributed by atoms with Gasteiger partial charge in [0.25, 0.3) is 5.91 Å². The van der Waals surface area contributed by atoms with E-state index in [9.17, 15) is 14.7 Å². The molecule has 4 heteroatoms. The molecule has 0 saturated carbocycles. The molecule has 1 aromatic carbocycles. The second-order valence-corrected chi connectivity index (χ2v) is 6.64. The van der Waals surface area contributed by atoms with Gasteiger partial charge < -0.3 is 10.0 Å². The average Bonchev–Trinajstić information content (AvgIpc) is 2.45. The third-order valence-corrected chi connectivity index (χ3v) is 4.01.